The molecular formula is C14H23NO. The normalized spacial score (nSPS) is 12.8. The lowest BCUT2D eigenvalue weighted by molar-refractivity contribution is 0.172. The van der Waals surface area contributed by atoms with Crippen molar-refractivity contribution < 1.29 is 4.74 Å². The van der Waals surface area contributed by atoms with Gasteiger partial charge in [0.15, 0.2) is 0 Å². The van der Waals surface area contributed by atoms with Crippen molar-refractivity contribution in [1.29, 1.82) is 0 Å². The van der Waals surface area contributed by atoms with Gasteiger partial charge in [0.1, 0.15) is 0 Å². The number of rotatable bonds is 6. The van der Waals surface area contributed by atoms with Crippen LogP contribution < -0.4 is 5.32 Å². The van der Waals surface area contributed by atoms with E-state index in [-0.39, 0.29) is 0 Å². The SMILES string of the molecule is COCC(C)NCCc1cc(C)cc(C)c1. The zero-order valence-corrected chi connectivity index (χ0v) is 10.8. The van der Waals surface area contributed by atoms with Crippen LogP contribution in [0.2, 0.25) is 0 Å². The number of methoxy groups -OCH3 is 1. The fourth-order valence-electron chi connectivity index (χ4n) is 1.99. The third-order valence-corrected chi connectivity index (χ3v) is 2.60. The Morgan fingerprint density at radius 2 is 1.81 bits per heavy atom. The van der Waals surface area contributed by atoms with Crippen LogP contribution in [-0.4, -0.2) is 26.3 Å². The molecule has 1 atom stereocenters. The maximum absolute atomic E-state index is 5.08. The Bertz CT molecular complexity index is 302. The fourth-order valence-corrected chi connectivity index (χ4v) is 1.99. The van der Waals surface area contributed by atoms with Crippen molar-refractivity contribution in [2.75, 3.05) is 20.3 Å². The molecule has 0 fully saturated rings. The number of ether oxygens (including phenoxy) is 1. The lowest BCUT2D eigenvalue weighted by atomic mass is 10.1. The van der Waals surface area contributed by atoms with Crippen LogP contribution in [0, 0.1) is 13.8 Å². The van der Waals surface area contributed by atoms with E-state index < -0.39 is 0 Å². The second-order valence-corrected chi connectivity index (χ2v) is 4.56. The first kappa shape index (κ1) is 13.2. The van der Waals surface area contributed by atoms with Gasteiger partial charge in [-0.05, 0) is 39.3 Å². The number of nitrogens with one attached hydrogen (secondary N) is 1. The average Bonchev–Trinajstić information content (AvgIpc) is 2.16. The molecule has 0 bridgehead atoms. The molecule has 1 unspecified atom stereocenters. The van der Waals surface area contributed by atoms with Gasteiger partial charge in [-0.1, -0.05) is 29.3 Å². The van der Waals surface area contributed by atoms with Gasteiger partial charge in [0, 0.05) is 13.2 Å². The van der Waals surface area contributed by atoms with Crippen LogP contribution in [0.25, 0.3) is 0 Å². The summed E-state index contributed by atoms with van der Waals surface area (Å²) in [5.41, 5.74) is 4.11. The highest BCUT2D eigenvalue weighted by Gasteiger charge is 2.00. The zero-order valence-electron chi connectivity index (χ0n) is 10.8. The first-order valence-corrected chi connectivity index (χ1v) is 5.91. The van der Waals surface area contributed by atoms with E-state index in [2.05, 4.69) is 44.3 Å². The van der Waals surface area contributed by atoms with Gasteiger partial charge in [-0.25, -0.2) is 0 Å². The molecule has 0 spiro atoms. The van der Waals surface area contributed by atoms with Gasteiger partial charge in [-0.15, -0.1) is 0 Å². The highest BCUT2D eigenvalue weighted by Crippen LogP contribution is 2.09. The van der Waals surface area contributed by atoms with Crippen molar-refractivity contribution in [2.24, 2.45) is 0 Å². The molecule has 0 heterocycles. The van der Waals surface area contributed by atoms with Crippen molar-refractivity contribution in [2.45, 2.75) is 33.2 Å². The molecular weight excluding hydrogens is 198 g/mol. The van der Waals surface area contributed by atoms with Gasteiger partial charge in [0.2, 0.25) is 0 Å². The first-order chi connectivity index (χ1) is 7.61. The van der Waals surface area contributed by atoms with Crippen LogP contribution in [0.5, 0.6) is 0 Å². The molecule has 0 aromatic heterocycles. The third-order valence-electron chi connectivity index (χ3n) is 2.60. The van der Waals surface area contributed by atoms with Crippen molar-refractivity contribution in [3.05, 3.63) is 34.9 Å². The minimum Gasteiger partial charge on any atom is -0.383 e. The molecule has 90 valence electrons. The highest BCUT2D eigenvalue weighted by atomic mass is 16.5. The fraction of sp³-hybridized carbons (Fsp3) is 0.571. The summed E-state index contributed by atoms with van der Waals surface area (Å²) in [7, 11) is 1.74. The molecule has 0 aliphatic rings. The summed E-state index contributed by atoms with van der Waals surface area (Å²) in [6, 6.07) is 7.16. The monoisotopic (exact) mass is 221 g/mol. The van der Waals surface area contributed by atoms with Crippen molar-refractivity contribution in [1.82, 2.24) is 5.32 Å². The van der Waals surface area contributed by atoms with E-state index in [1.54, 1.807) is 7.11 Å². The van der Waals surface area contributed by atoms with Gasteiger partial charge in [0.05, 0.1) is 6.61 Å². The quantitative estimate of drug-likeness (QED) is 0.797. The summed E-state index contributed by atoms with van der Waals surface area (Å²) >= 11 is 0. The summed E-state index contributed by atoms with van der Waals surface area (Å²) in [6.07, 6.45) is 1.08. The molecule has 0 amide bonds. The third kappa shape index (κ3) is 4.77. The Balaban J connectivity index is 2.37. The molecule has 0 saturated heterocycles. The number of benzene rings is 1. The second-order valence-electron chi connectivity index (χ2n) is 4.56. The van der Waals surface area contributed by atoms with Crippen LogP contribution >= 0.6 is 0 Å². The summed E-state index contributed by atoms with van der Waals surface area (Å²) in [5, 5.41) is 3.45. The van der Waals surface area contributed by atoms with Gasteiger partial charge < -0.3 is 10.1 Å². The molecule has 1 N–H and O–H groups in total. The minimum absolute atomic E-state index is 0.427. The summed E-state index contributed by atoms with van der Waals surface area (Å²) < 4.78 is 5.08. The van der Waals surface area contributed by atoms with Crippen LogP contribution in [0.3, 0.4) is 0 Å². The van der Waals surface area contributed by atoms with Gasteiger partial charge in [-0.3, -0.25) is 0 Å². The minimum atomic E-state index is 0.427. The molecule has 2 nitrogen and oxygen atoms in total. The van der Waals surface area contributed by atoms with E-state index in [0.717, 1.165) is 19.6 Å². The summed E-state index contributed by atoms with van der Waals surface area (Å²) in [5.74, 6) is 0. The van der Waals surface area contributed by atoms with E-state index in [0.29, 0.717) is 6.04 Å². The molecule has 0 saturated carbocycles. The number of hydrogen-bond acceptors (Lipinski definition) is 2. The topological polar surface area (TPSA) is 21.3 Å². The van der Waals surface area contributed by atoms with Gasteiger partial charge >= 0.3 is 0 Å². The second kappa shape index (κ2) is 6.66. The number of aryl methyl sites for hydroxylation is 2. The summed E-state index contributed by atoms with van der Waals surface area (Å²) in [4.78, 5) is 0. The maximum Gasteiger partial charge on any atom is 0.0613 e. The molecule has 1 aromatic carbocycles. The predicted octanol–water partition coefficient (Wildman–Crippen LogP) is 2.47. The lowest BCUT2D eigenvalue weighted by Gasteiger charge is -2.12. The molecule has 1 rings (SSSR count). The smallest absolute Gasteiger partial charge is 0.0613 e. The lowest BCUT2D eigenvalue weighted by Crippen LogP contribution is -2.31. The maximum atomic E-state index is 5.08. The predicted molar refractivity (Wildman–Crippen MR) is 69.0 cm³/mol. The average molecular weight is 221 g/mol. The Morgan fingerprint density at radius 3 is 2.38 bits per heavy atom. The van der Waals surface area contributed by atoms with Crippen molar-refractivity contribution in [3.8, 4) is 0 Å². The Labute approximate surface area is 99.0 Å². The standard InChI is InChI=1S/C14H23NO/c1-11-7-12(2)9-14(8-11)5-6-15-13(3)10-16-4/h7-9,13,15H,5-6,10H2,1-4H3. The molecule has 0 aliphatic heterocycles. The van der Waals surface area contributed by atoms with Crippen LogP contribution in [0.15, 0.2) is 18.2 Å². The zero-order chi connectivity index (χ0) is 12.0. The van der Waals surface area contributed by atoms with Crippen molar-refractivity contribution >= 4 is 0 Å². The van der Waals surface area contributed by atoms with Gasteiger partial charge in [0.25, 0.3) is 0 Å². The van der Waals surface area contributed by atoms with Crippen LogP contribution in [-0.2, 0) is 11.2 Å². The van der Waals surface area contributed by atoms with E-state index in [9.17, 15) is 0 Å². The Hall–Kier alpha value is -0.860. The van der Waals surface area contributed by atoms with Gasteiger partial charge in [-0.2, -0.15) is 0 Å². The first-order valence-electron chi connectivity index (χ1n) is 5.91. The van der Waals surface area contributed by atoms with Crippen LogP contribution in [0.4, 0.5) is 0 Å². The Kier molecular flexibility index (Phi) is 5.50. The largest absolute Gasteiger partial charge is 0.383 e. The van der Waals surface area contributed by atoms with E-state index in [1.807, 2.05) is 0 Å². The summed E-state index contributed by atoms with van der Waals surface area (Å²) in [6.45, 7) is 8.22. The van der Waals surface area contributed by atoms with E-state index in [4.69, 9.17) is 4.74 Å². The molecule has 2 heteroatoms. The molecule has 16 heavy (non-hydrogen) atoms. The number of hydrogen-bond donors (Lipinski definition) is 1. The van der Waals surface area contributed by atoms with Crippen molar-refractivity contribution in [3.63, 3.8) is 0 Å². The molecule has 0 aliphatic carbocycles. The highest BCUT2D eigenvalue weighted by molar-refractivity contribution is 5.28. The van der Waals surface area contributed by atoms with Crippen LogP contribution in [0.1, 0.15) is 23.6 Å². The molecule has 1 aromatic rings. The van der Waals surface area contributed by atoms with E-state index >= 15 is 0 Å². The molecule has 0 radical (unpaired) electrons. The Morgan fingerprint density at radius 1 is 1.19 bits per heavy atom. The van der Waals surface area contributed by atoms with E-state index in [1.165, 1.54) is 16.7 Å².